The number of likely N-dealkylation sites (N-methyl/N-ethyl adjacent to an activating group) is 1. The number of hydrogen-bond donors (Lipinski definition) is 1. The molecule has 0 atom stereocenters. The van der Waals surface area contributed by atoms with Gasteiger partial charge in [-0.3, -0.25) is 0 Å². The second kappa shape index (κ2) is 9.29. The molecule has 1 heterocycles. The smallest absolute Gasteiger partial charge is 0.227 e. The van der Waals surface area contributed by atoms with E-state index in [2.05, 4.69) is 44.5 Å². The van der Waals surface area contributed by atoms with Crippen LogP contribution in [-0.4, -0.2) is 35.7 Å². The normalized spacial score (nSPS) is 15.8. The third-order valence-electron chi connectivity index (χ3n) is 3.72. The van der Waals surface area contributed by atoms with Gasteiger partial charge < -0.3 is 10.2 Å². The van der Waals surface area contributed by atoms with Gasteiger partial charge in [-0.2, -0.15) is 0 Å². The summed E-state index contributed by atoms with van der Waals surface area (Å²) in [5.74, 6) is 0.576. The van der Waals surface area contributed by atoms with Gasteiger partial charge in [0, 0.05) is 38.1 Å². The molecule has 0 spiro atoms. The molecule has 26 heavy (non-hydrogen) atoms. The quantitative estimate of drug-likeness (QED) is 0.634. The van der Waals surface area contributed by atoms with Crippen LogP contribution in [0.1, 0.15) is 35.8 Å². The van der Waals surface area contributed by atoms with Crippen LogP contribution in [0.3, 0.4) is 0 Å². The number of guanidine groups is 1. The Kier molecular flexibility index (Phi) is 7.09. The van der Waals surface area contributed by atoms with Crippen molar-refractivity contribution in [2.75, 3.05) is 14.1 Å². The van der Waals surface area contributed by atoms with Crippen molar-refractivity contribution in [3.63, 3.8) is 0 Å². The first-order valence-electron chi connectivity index (χ1n) is 8.61. The number of hydrogen-bond acceptors (Lipinski definition) is 4. The maximum atomic E-state index is 4.72. The second-order valence-electron chi connectivity index (χ2n) is 6.19. The summed E-state index contributed by atoms with van der Waals surface area (Å²) in [6, 6.07) is 0. The molecule has 1 aliphatic carbocycles. The van der Waals surface area contributed by atoms with Crippen LogP contribution < -0.4 is 5.32 Å². The summed E-state index contributed by atoms with van der Waals surface area (Å²) in [4.78, 5) is 16.8. The number of nitrogens with zero attached hydrogens (tertiary/aromatic N) is 4. The van der Waals surface area contributed by atoms with Gasteiger partial charge in [-0.1, -0.05) is 12.2 Å². The monoisotopic (exact) mass is 369 g/mol. The molecule has 0 fully saturated rings. The van der Waals surface area contributed by atoms with E-state index >= 15 is 0 Å². The maximum absolute atomic E-state index is 4.72. The molecule has 0 amide bonds. The van der Waals surface area contributed by atoms with Crippen LogP contribution in [0.4, 0.5) is 0 Å². The summed E-state index contributed by atoms with van der Waals surface area (Å²) in [7, 11) is 4.07. The Balaban J connectivity index is 2.27. The molecule has 1 aliphatic rings. The highest BCUT2D eigenvalue weighted by molar-refractivity contribution is 7.13. The van der Waals surface area contributed by atoms with Crippen LogP contribution in [0.25, 0.3) is 0 Å². The topological polar surface area (TPSA) is 52.9 Å². The molecule has 0 unspecified atom stereocenters. The first kappa shape index (κ1) is 19.8. The number of aliphatic imine (C=N–C) groups is 2. The van der Waals surface area contributed by atoms with Gasteiger partial charge in [0.2, 0.25) is 5.96 Å². The van der Waals surface area contributed by atoms with Crippen molar-refractivity contribution in [1.82, 2.24) is 15.2 Å². The molecule has 0 aliphatic heterocycles. The fourth-order valence-corrected chi connectivity index (χ4v) is 3.33. The molecule has 0 aromatic carbocycles. The number of aryl methyl sites for hydroxylation is 2. The molecular formula is C20H27N5S. The lowest BCUT2D eigenvalue weighted by Crippen LogP contribution is -2.22. The average Bonchev–Trinajstić information content (AvgIpc) is 2.79. The minimum absolute atomic E-state index is 0.576. The van der Waals surface area contributed by atoms with Crippen LogP contribution in [0, 0.1) is 13.8 Å². The molecule has 1 aromatic heterocycles. The number of allylic oxidation sites excluding steroid dienone is 5. The van der Waals surface area contributed by atoms with E-state index in [0.717, 1.165) is 39.1 Å². The average molecular weight is 370 g/mol. The maximum Gasteiger partial charge on any atom is 0.227 e. The Morgan fingerprint density at radius 1 is 1.31 bits per heavy atom. The number of rotatable bonds is 4. The third-order valence-corrected chi connectivity index (χ3v) is 4.90. The Morgan fingerprint density at radius 3 is 2.69 bits per heavy atom. The van der Waals surface area contributed by atoms with Gasteiger partial charge in [-0.25, -0.2) is 15.0 Å². The van der Waals surface area contributed by atoms with Gasteiger partial charge in [0.25, 0.3) is 0 Å². The van der Waals surface area contributed by atoms with Crippen molar-refractivity contribution >= 4 is 23.0 Å². The van der Waals surface area contributed by atoms with Crippen molar-refractivity contribution in [3.05, 3.63) is 63.6 Å². The summed E-state index contributed by atoms with van der Waals surface area (Å²) in [5.41, 5.74) is 4.13. The van der Waals surface area contributed by atoms with E-state index in [4.69, 9.17) is 4.99 Å². The Morgan fingerprint density at radius 2 is 2.08 bits per heavy atom. The van der Waals surface area contributed by atoms with Gasteiger partial charge >= 0.3 is 0 Å². The predicted octanol–water partition coefficient (Wildman–Crippen LogP) is 4.34. The molecule has 0 bridgehead atoms. The van der Waals surface area contributed by atoms with Crippen LogP contribution in [0.15, 0.2) is 58.0 Å². The third kappa shape index (κ3) is 5.52. The molecule has 138 valence electrons. The number of aromatic nitrogens is 1. The van der Waals surface area contributed by atoms with E-state index in [1.54, 1.807) is 17.5 Å². The van der Waals surface area contributed by atoms with E-state index in [-0.39, 0.29) is 0 Å². The van der Waals surface area contributed by atoms with E-state index < -0.39 is 0 Å². The number of nitrogens with one attached hydrogen (secondary N) is 1. The van der Waals surface area contributed by atoms with E-state index in [0.29, 0.717) is 5.96 Å². The fourth-order valence-electron chi connectivity index (χ4n) is 2.46. The standard InChI is InChI=1S/C20H27N5S/c1-7-13-21-20(23-15(3)19-14(2)22-16(4)26-19)24-17-9-8-10-18(12-11-17)25(5)6/h7-8,10-13H,9H2,1-6H3,(H,21,24)/b13-7-,23-15?. The molecule has 0 saturated carbocycles. The second-order valence-corrected chi connectivity index (χ2v) is 7.39. The molecular weight excluding hydrogens is 342 g/mol. The molecule has 1 N–H and O–H groups in total. The summed E-state index contributed by atoms with van der Waals surface area (Å²) < 4.78 is 0. The van der Waals surface area contributed by atoms with Crippen molar-refractivity contribution in [2.45, 2.75) is 34.1 Å². The van der Waals surface area contributed by atoms with Crippen LogP contribution in [-0.2, 0) is 0 Å². The largest absolute Gasteiger partial charge is 0.378 e. The fraction of sp³-hybridized carbons (Fsp3) is 0.350. The van der Waals surface area contributed by atoms with E-state index in [1.165, 1.54) is 0 Å². The lowest BCUT2D eigenvalue weighted by Gasteiger charge is -2.11. The van der Waals surface area contributed by atoms with E-state index in [1.807, 2.05) is 47.9 Å². The van der Waals surface area contributed by atoms with Crippen molar-refractivity contribution in [2.24, 2.45) is 9.98 Å². The SMILES string of the molecule is C/C=C\N=C(N=C(C)c1sc(C)nc1C)NC1=CC=C(N(C)C)C=CC1. The Labute approximate surface area is 160 Å². The van der Waals surface area contributed by atoms with Gasteiger partial charge in [-0.15, -0.1) is 11.3 Å². The molecule has 0 saturated heterocycles. The summed E-state index contributed by atoms with van der Waals surface area (Å²) >= 11 is 1.66. The predicted molar refractivity (Wildman–Crippen MR) is 113 cm³/mol. The summed E-state index contributed by atoms with van der Waals surface area (Å²) in [5, 5.41) is 4.41. The van der Waals surface area contributed by atoms with Crippen molar-refractivity contribution in [1.29, 1.82) is 0 Å². The summed E-state index contributed by atoms with van der Waals surface area (Å²) in [6.07, 6.45) is 12.9. The molecule has 2 rings (SSSR count). The Hall–Kier alpha value is -2.47. The zero-order chi connectivity index (χ0) is 19.1. The first-order chi connectivity index (χ1) is 12.4. The highest BCUT2D eigenvalue weighted by Crippen LogP contribution is 2.18. The lowest BCUT2D eigenvalue weighted by atomic mass is 10.3. The van der Waals surface area contributed by atoms with Crippen molar-refractivity contribution < 1.29 is 0 Å². The highest BCUT2D eigenvalue weighted by atomic mass is 32.1. The molecule has 5 nitrogen and oxygen atoms in total. The molecule has 6 heteroatoms. The summed E-state index contributed by atoms with van der Waals surface area (Å²) in [6.45, 7) is 7.96. The first-order valence-corrected chi connectivity index (χ1v) is 9.42. The van der Waals surface area contributed by atoms with Gasteiger partial charge in [0.05, 0.1) is 21.3 Å². The van der Waals surface area contributed by atoms with Gasteiger partial charge in [0.15, 0.2) is 0 Å². The van der Waals surface area contributed by atoms with Crippen LogP contribution in [0.5, 0.6) is 0 Å². The minimum atomic E-state index is 0.576. The minimum Gasteiger partial charge on any atom is -0.378 e. The van der Waals surface area contributed by atoms with Crippen LogP contribution in [0.2, 0.25) is 0 Å². The van der Waals surface area contributed by atoms with Gasteiger partial charge in [-0.05, 0) is 45.9 Å². The van der Waals surface area contributed by atoms with Crippen molar-refractivity contribution in [3.8, 4) is 0 Å². The zero-order valence-electron chi connectivity index (χ0n) is 16.4. The van der Waals surface area contributed by atoms with E-state index in [9.17, 15) is 0 Å². The number of thiazole rings is 1. The molecule has 1 aromatic rings. The van der Waals surface area contributed by atoms with Crippen LogP contribution >= 0.6 is 11.3 Å². The zero-order valence-corrected chi connectivity index (χ0v) is 17.2. The van der Waals surface area contributed by atoms with Gasteiger partial charge in [0.1, 0.15) is 0 Å². The lowest BCUT2D eigenvalue weighted by molar-refractivity contribution is 0.530. The Bertz CT molecular complexity index is 819. The highest BCUT2D eigenvalue weighted by Gasteiger charge is 2.10. The molecule has 0 radical (unpaired) electrons.